The third kappa shape index (κ3) is 4.97. The summed E-state index contributed by atoms with van der Waals surface area (Å²) in [7, 11) is 0. The first-order chi connectivity index (χ1) is 6.44. The Morgan fingerprint density at radius 3 is 1.71 bits per heavy atom. The van der Waals surface area contributed by atoms with Gasteiger partial charge in [-0.2, -0.15) is 0 Å². The molecular weight excluding hydrogens is 176 g/mol. The lowest BCUT2D eigenvalue weighted by atomic mass is 9.83. The Labute approximate surface area is 89.0 Å². The summed E-state index contributed by atoms with van der Waals surface area (Å²) in [5.41, 5.74) is 0.0974. The van der Waals surface area contributed by atoms with Gasteiger partial charge in [-0.1, -0.05) is 27.7 Å². The van der Waals surface area contributed by atoms with E-state index in [0.717, 1.165) is 6.42 Å². The fourth-order valence-corrected chi connectivity index (χ4v) is 1.95. The maximum Gasteiger partial charge on any atom is 0.162 e. The highest BCUT2D eigenvalue weighted by atomic mass is 16.7. The Morgan fingerprint density at radius 2 is 1.43 bits per heavy atom. The molecule has 0 radical (unpaired) electrons. The van der Waals surface area contributed by atoms with Crippen LogP contribution >= 0.6 is 0 Å². The lowest BCUT2D eigenvalue weighted by Crippen LogP contribution is -2.35. The lowest BCUT2D eigenvalue weighted by molar-refractivity contribution is -0.198. The molecule has 0 rings (SSSR count). The molecular formula is C12H26O2. The first-order valence-corrected chi connectivity index (χ1v) is 5.67. The van der Waals surface area contributed by atoms with E-state index < -0.39 is 0 Å². The molecule has 0 aromatic rings. The van der Waals surface area contributed by atoms with Gasteiger partial charge in [0.15, 0.2) is 6.29 Å². The summed E-state index contributed by atoms with van der Waals surface area (Å²) in [4.78, 5) is 0. The third-order valence-corrected chi connectivity index (χ3v) is 2.21. The second-order valence-corrected chi connectivity index (χ2v) is 4.83. The van der Waals surface area contributed by atoms with Gasteiger partial charge in [0.1, 0.15) is 0 Å². The largest absolute Gasteiger partial charge is 0.352 e. The van der Waals surface area contributed by atoms with Gasteiger partial charge < -0.3 is 9.47 Å². The Morgan fingerprint density at radius 1 is 1.00 bits per heavy atom. The molecule has 0 spiro atoms. The number of rotatable bonds is 7. The standard InChI is InChI=1S/C12H26O2/c1-7-13-11(14-8-2)12(5,6)9-10(3)4/h10-11H,7-9H2,1-6H3. The molecule has 86 valence electrons. The Bertz CT molecular complexity index is 135. The number of ether oxygens (including phenoxy) is 2. The quantitative estimate of drug-likeness (QED) is 0.589. The van der Waals surface area contributed by atoms with Crippen molar-refractivity contribution in [2.45, 2.75) is 54.3 Å². The van der Waals surface area contributed by atoms with Crippen molar-refractivity contribution in [1.82, 2.24) is 0 Å². The zero-order valence-corrected chi connectivity index (χ0v) is 10.6. The highest BCUT2D eigenvalue weighted by Crippen LogP contribution is 2.31. The van der Waals surface area contributed by atoms with Gasteiger partial charge in [-0.3, -0.25) is 0 Å². The van der Waals surface area contributed by atoms with Crippen LogP contribution in [0, 0.1) is 11.3 Å². The van der Waals surface area contributed by atoms with E-state index in [4.69, 9.17) is 9.47 Å². The first kappa shape index (κ1) is 13.9. The Balaban J connectivity index is 4.28. The van der Waals surface area contributed by atoms with E-state index in [1.54, 1.807) is 0 Å². The van der Waals surface area contributed by atoms with Gasteiger partial charge in [-0.15, -0.1) is 0 Å². The molecule has 2 nitrogen and oxygen atoms in total. The molecule has 0 saturated heterocycles. The minimum absolute atomic E-state index is 0.0695. The van der Waals surface area contributed by atoms with Crippen LogP contribution in [0.25, 0.3) is 0 Å². The molecule has 0 aromatic heterocycles. The van der Waals surface area contributed by atoms with E-state index >= 15 is 0 Å². The molecule has 0 saturated carbocycles. The zero-order valence-electron chi connectivity index (χ0n) is 10.6. The van der Waals surface area contributed by atoms with Crippen molar-refractivity contribution in [3.8, 4) is 0 Å². The molecule has 0 aromatic carbocycles. The molecule has 0 fully saturated rings. The highest BCUT2D eigenvalue weighted by Gasteiger charge is 2.31. The summed E-state index contributed by atoms with van der Waals surface area (Å²) in [5.74, 6) is 0.674. The van der Waals surface area contributed by atoms with Crippen molar-refractivity contribution < 1.29 is 9.47 Å². The topological polar surface area (TPSA) is 18.5 Å². The molecule has 0 heterocycles. The maximum atomic E-state index is 5.63. The van der Waals surface area contributed by atoms with Gasteiger partial charge in [0, 0.05) is 18.6 Å². The van der Waals surface area contributed by atoms with E-state index in [2.05, 4.69) is 27.7 Å². The third-order valence-electron chi connectivity index (χ3n) is 2.21. The van der Waals surface area contributed by atoms with Crippen LogP contribution < -0.4 is 0 Å². The van der Waals surface area contributed by atoms with Gasteiger partial charge in [0.05, 0.1) is 0 Å². The van der Waals surface area contributed by atoms with E-state index in [0.29, 0.717) is 19.1 Å². The van der Waals surface area contributed by atoms with Crippen LogP contribution in [0.4, 0.5) is 0 Å². The van der Waals surface area contributed by atoms with Crippen LogP contribution in [-0.2, 0) is 9.47 Å². The molecule has 14 heavy (non-hydrogen) atoms. The van der Waals surface area contributed by atoms with Crippen LogP contribution in [0.15, 0.2) is 0 Å². The van der Waals surface area contributed by atoms with Crippen LogP contribution in [0.3, 0.4) is 0 Å². The van der Waals surface area contributed by atoms with Crippen molar-refractivity contribution in [2.24, 2.45) is 11.3 Å². The average Bonchev–Trinajstić information content (AvgIpc) is 2.01. The maximum absolute atomic E-state index is 5.63. The predicted molar refractivity (Wildman–Crippen MR) is 60.3 cm³/mol. The van der Waals surface area contributed by atoms with Gasteiger partial charge in [-0.05, 0) is 26.2 Å². The predicted octanol–water partition coefficient (Wildman–Crippen LogP) is 3.46. The Hall–Kier alpha value is -0.0800. The molecule has 0 N–H and O–H groups in total. The SMILES string of the molecule is CCOC(OCC)C(C)(C)CC(C)C. The molecule has 0 aliphatic heterocycles. The van der Waals surface area contributed by atoms with E-state index in [9.17, 15) is 0 Å². The zero-order chi connectivity index (χ0) is 11.2. The number of hydrogen-bond donors (Lipinski definition) is 0. The van der Waals surface area contributed by atoms with Gasteiger partial charge in [0.25, 0.3) is 0 Å². The summed E-state index contributed by atoms with van der Waals surface area (Å²) in [6, 6.07) is 0. The van der Waals surface area contributed by atoms with Gasteiger partial charge in [0.2, 0.25) is 0 Å². The molecule has 0 aliphatic rings. The highest BCUT2D eigenvalue weighted by molar-refractivity contribution is 4.74. The molecule has 0 bridgehead atoms. The summed E-state index contributed by atoms with van der Waals surface area (Å²) < 4.78 is 11.3. The van der Waals surface area contributed by atoms with Crippen LogP contribution in [-0.4, -0.2) is 19.5 Å². The smallest absolute Gasteiger partial charge is 0.162 e. The molecule has 2 heteroatoms. The van der Waals surface area contributed by atoms with Crippen LogP contribution in [0.5, 0.6) is 0 Å². The van der Waals surface area contributed by atoms with Crippen molar-refractivity contribution in [3.63, 3.8) is 0 Å². The lowest BCUT2D eigenvalue weighted by Gasteiger charge is -2.34. The van der Waals surface area contributed by atoms with Gasteiger partial charge in [-0.25, -0.2) is 0 Å². The summed E-state index contributed by atoms with van der Waals surface area (Å²) in [6.07, 6.45) is 1.05. The fourth-order valence-electron chi connectivity index (χ4n) is 1.95. The van der Waals surface area contributed by atoms with Gasteiger partial charge >= 0.3 is 0 Å². The van der Waals surface area contributed by atoms with E-state index in [1.165, 1.54) is 0 Å². The van der Waals surface area contributed by atoms with Crippen molar-refractivity contribution in [3.05, 3.63) is 0 Å². The Kier molecular flexibility index (Phi) is 6.38. The molecule has 0 unspecified atom stereocenters. The number of hydrogen-bond acceptors (Lipinski definition) is 2. The second kappa shape index (κ2) is 6.41. The van der Waals surface area contributed by atoms with Crippen molar-refractivity contribution >= 4 is 0 Å². The van der Waals surface area contributed by atoms with Crippen molar-refractivity contribution in [1.29, 1.82) is 0 Å². The summed E-state index contributed by atoms with van der Waals surface area (Å²) >= 11 is 0. The first-order valence-electron chi connectivity index (χ1n) is 5.67. The molecule has 0 aliphatic carbocycles. The normalized spacial score (nSPS) is 12.9. The summed E-state index contributed by atoms with van der Waals surface area (Å²) in [5, 5.41) is 0. The monoisotopic (exact) mass is 202 g/mol. The van der Waals surface area contributed by atoms with E-state index in [1.807, 2.05) is 13.8 Å². The minimum Gasteiger partial charge on any atom is -0.352 e. The molecule has 0 atom stereocenters. The van der Waals surface area contributed by atoms with Crippen LogP contribution in [0.2, 0.25) is 0 Å². The van der Waals surface area contributed by atoms with E-state index in [-0.39, 0.29) is 11.7 Å². The minimum atomic E-state index is -0.0695. The fraction of sp³-hybridized carbons (Fsp3) is 1.00. The van der Waals surface area contributed by atoms with Crippen molar-refractivity contribution in [2.75, 3.05) is 13.2 Å². The van der Waals surface area contributed by atoms with Crippen LogP contribution in [0.1, 0.15) is 48.0 Å². The average molecular weight is 202 g/mol. The summed E-state index contributed by atoms with van der Waals surface area (Å²) in [6.45, 7) is 14.3. The second-order valence-electron chi connectivity index (χ2n) is 4.83. The molecule has 0 amide bonds.